The van der Waals surface area contributed by atoms with Gasteiger partial charge in [-0.05, 0) is 157 Å². The third kappa shape index (κ3) is 7.03. The number of para-hydroxylation sites is 6. The molecular weight excluding hydrogens is 876 g/mol. The second-order valence-corrected chi connectivity index (χ2v) is 20.0. The average molecular weight is 921 g/mol. The molecule has 0 bridgehead atoms. The number of hydrogen-bond donors (Lipinski definition) is 0. The Bertz CT molecular complexity index is 3490. The highest BCUT2D eigenvalue weighted by atomic mass is 32.2. The third-order valence-corrected chi connectivity index (χ3v) is 16.2. The van der Waals surface area contributed by atoms with Gasteiger partial charge in [0, 0.05) is 87.7 Å². The first-order chi connectivity index (χ1) is 34.1. The van der Waals surface area contributed by atoms with Crippen molar-refractivity contribution >= 4 is 104 Å². The van der Waals surface area contributed by atoms with Crippen LogP contribution >= 0.6 is 23.5 Å². The van der Waals surface area contributed by atoms with Crippen molar-refractivity contribution in [2.45, 2.75) is 33.4 Å². The van der Waals surface area contributed by atoms with Crippen molar-refractivity contribution in [3.05, 3.63) is 248 Å². The Hall–Kier alpha value is -7.84. The maximum atomic E-state index is 2.67. The first-order valence-corrected chi connectivity index (χ1v) is 25.2. The molecule has 0 atom stereocenters. The number of aryl methyl sites for hydroxylation is 2. The van der Waals surface area contributed by atoms with Gasteiger partial charge in [0.15, 0.2) is 0 Å². The quantitative estimate of drug-likeness (QED) is 0.140. The Morgan fingerprint density at radius 3 is 1.36 bits per heavy atom. The van der Waals surface area contributed by atoms with Crippen LogP contribution in [0.15, 0.2) is 256 Å². The van der Waals surface area contributed by atoms with Gasteiger partial charge in [-0.3, -0.25) is 0 Å². The smallest absolute Gasteiger partial charge is 0.333 e. The molecule has 4 nitrogen and oxygen atoms in total. The van der Waals surface area contributed by atoms with E-state index < -0.39 is 0 Å². The summed E-state index contributed by atoms with van der Waals surface area (Å²) in [5, 5.41) is 0. The van der Waals surface area contributed by atoms with E-state index in [-0.39, 0.29) is 6.85 Å². The Morgan fingerprint density at radius 1 is 0.333 bits per heavy atom. The molecule has 0 amide bonds. The third-order valence-electron chi connectivity index (χ3n) is 13.7. The van der Waals surface area contributed by atoms with E-state index in [1.807, 2.05) is 23.5 Å². The number of anilines is 11. The van der Waals surface area contributed by atoms with E-state index in [1.165, 1.54) is 64.1 Å². The zero-order chi connectivity index (χ0) is 46.0. The van der Waals surface area contributed by atoms with Crippen LogP contribution in [0, 0.1) is 13.8 Å². The van der Waals surface area contributed by atoms with Crippen LogP contribution in [0.5, 0.6) is 0 Å². The van der Waals surface area contributed by atoms with Gasteiger partial charge in [0.1, 0.15) is 0 Å². The summed E-state index contributed by atoms with van der Waals surface area (Å²) in [4.78, 5) is 15.2. The van der Waals surface area contributed by atoms with Crippen molar-refractivity contribution in [2.75, 3.05) is 19.5 Å². The SMILES string of the molecule is Cc1ccccc1N1B2c3cc(N(c4ccccc4)c4ccccc4)ccc3N(c3ccccc3C)c3cc(N(c4ccccc4)c4ccccc4)cc(c32)-c2cc3c(cc21)Sc1ccccc1S3. The lowest BCUT2D eigenvalue weighted by Gasteiger charge is -2.47. The van der Waals surface area contributed by atoms with Crippen LogP contribution in [0.25, 0.3) is 11.1 Å². The summed E-state index contributed by atoms with van der Waals surface area (Å²) >= 11 is 3.76. The standard InChI is InChI=1S/C62H45BN4S2/c1-42-21-15-17-31-53(42)66-55-36-35-48(64(44-23-7-3-8-24-44)45-25-9-4-10-26-45)38-52(55)63-62-51(37-49(39-57(62)66)65(46-27-11-5-12-28-46)47-29-13-6-14-30-47)50-40-60-61(69-59-34-20-19-33-58(59)68-60)41-56(50)67(63)54-32-18-16-22-43(54)2/h3-41H,1-2H3. The van der Waals surface area contributed by atoms with Crippen LogP contribution < -0.4 is 30.4 Å². The lowest BCUT2D eigenvalue weighted by molar-refractivity contribution is 1.15. The number of nitrogens with zero attached hydrogens (tertiary/aromatic N) is 4. The van der Waals surface area contributed by atoms with Crippen molar-refractivity contribution < 1.29 is 0 Å². The van der Waals surface area contributed by atoms with Crippen molar-refractivity contribution in [2.24, 2.45) is 0 Å². The minimum Gasteiger partial charge on any atom is -0.376 e. The summed E-state index contributed by atoms with van der Waals surface area (Å²) in [6.45, 7) is 4.30. The fraction of sp³-hybridized carbons (Fsp3) is 0.0323. The summed E-state index contributed by atoms with van der Waals surface area (Å²) in [7, 11) is 0. The zero-order valence-electron chi connectivity index (χ0n) is 38.2. The molecule has 0 saturated heterocycles. The van der Waals surface area contributed by atoms with Crippen LogP contribution in [0.3, 0.4) is 0 Å². The normalized spacial score (nSPS) is 12.9. The first-order valence-electron chi connectivity index (χ1n) is 23.5. The van der Waals surface area contributed by atoms with Crippen molar-refractivity contribution in [3.8, 4) is 11.1 Å². The molecule has 10 aromatic rings. The summed E-state index contributed by atoms with van der Waals surface area (Å²) in [6.07, 6.45) is 0. The van der Waals surface area contributed by atoms with E-state index >= 15 is 0 Å². The maximum absolute atomic E-state index is 2.67. The number of hydrogen-bond acceptors (Lipinski definition) is 6. The second kappa shape index (κ2) is 17.0. The zero-order valence-corrected chi connectivity index (χ0v) is 39.8. The van der Waals surface area contributed by atoms with Gasteiger partial charge in [-0.15, -0.1) is 0 Å². The van der Waals surface area contributed by atoms with Gasteiger partial charge in [0.25, 0.3) is 0 Å². The Balaban J connectivity index is 1.15. The molecule has 0 fully saturated rings. The second-order valence-electron chi connectivity index (χ2n) is 17.8. The van der Waals surface area contributed by atoms with E-state index in [1.54, 1.807) is 0 Å². The van der Waals surface area contributed by atoms with Crippen LogP contribution in [0.4, 0.5) is 62.6 Å². The van der Waals surface area contributed by atoms with Gasteiger partial charge >= 0.3 is 6.85 Å². The van der Waals surface area contributed by atoms with Crippen molar-refractivity contribution in [1.82, 2.24) is 0 Å². The molecule has 0 aromatic heterocycles. The molecule has 0 aliphatic carbocycles. The fourth-order valence-corrected chi connectivity index (χ4v) is 12.9. The van der Waals surface area contributed by atoms with E-state index in [9.17, 15) is 0 Å². The summed E-state index contributed by atoms with van der Waals surface area (Å²) < 4.78 is 0. The van der Waals surface area contributed by atoms with Gasteiger partial charge in [0.05, 0.1) is 0 Å². The van der Waals surface area contributed by atoms with Crippen LogP contribution in [-0.2, 0) is 0 Å². The van der Waals surface area contributed by atoms with E-state index in [0.717, 1.165) is 51.2 Å². The topological polar surface area (TPSA) is 13.0 Å². The lowest BCUT2D eigenvalue weighted by Crippen LogP contribution is -2.61. The van der Waals surface area contributed by atoms with Crippen molar-refractivity contribution in [3.63, 3.8) is 0 Å². The Labute approximate surface area is 413 Å². The molecule has 0 radical (unpaired) electrons. The van der Waals surface area contributed by atoms with Gasteiger partial charge in [0.2, 0.25) is 0 Å². The van der Waals surface area contributed by atoms with E-state index in [0.29, 0.717) is 0 Å². The van der Waals surface area contributed by atoms with Crippen LogP contribution in [0.2, 0.25) is 0 Å². The average Bonchev–Trinajstić information content (AvgIpc) is 3.40. The molecule has 7 heteroatoms. The minimum absolute atomic E-state index is 0.199. The molecule has 3 aliphatic rings. The molecule has 0 saturated carbocycles. The maximum Gasteiger partial charge on any atom is 0.333 e. The molecular formula is C62H45BN4S2. The highest BCUT2D eigenvalue weighted by Gasteiger charge is 2.47. The molecule has 0 N–H and O–H groups in total. The van der Waals surface area contributed by atoms with Crippen LogP contribution in [0.1, 0.15) is 11.1 Å². The van der Waals surface area contributed by atoms with E-state index in [4.69, 9.17) is 0 Å². The monoisotopic (exact) mass is 920 g/mol. The largest absolute Gasteiger partial charge is 0.376 e. The predicted molar refractivity (Wildman–Crippen MR) is 294 cm³/mol. The van der Waals surface area contributed by atoms with Gasteiger partial charge in [-0.2, -0.15) is 0 Å². The summed E-state index contributed by atoms with van der Waals surface area (Å²) in [6, 6.07) is 86.9. The fourth-order valence-electron chi connectivity index (χ4n) is 10.6. The number of benzene rings is 10. The lowest BCUT2D eigenvalue weighted by atomic mass is 9.43. The van der Waals surface area contributed by atoms with E-state index in [2.05, 4.69) is 270 Å². The summed E-state index contributed by atoms with van der Waals surface area (Å²) in [5.41, 5.74) is 19.9. The predicted octanol–water partition coefficient (Wildman–Crippen LogP) is 16.6. The molecule has 3 aliphatic heterocycles. The molecule has 0 unspecified atom stereocenters. The minimum atomic E-state index is -0.199. The molecule has 10 aromatic carbocycles. The van der Waals surface area contributed by atoms with Gasteiger partial charge < -0.3 is 19.5 Å². The highest BCUT2D eigenvalue weighted by Crippen LogP contribution is 2.56. The number of rotatable bonds is 8. The molecule has 13 rings (SSSR count). The molecule has 3 heterocycles. The summed E-state index contributed by atoms with van der Waals surface area (Å²) in [5.74, 6) is 0. The van der Waals surface area contributed by atoms with Crippen LogP contribution in [-0.4, -0.2) is 6.85 Å². The number of fused-ring (bicyclic) bond motifs is 6. The molecule has 328 valence electrons. The first kappa shape index (κ1) is 41.4. The molecule has 0 spiro atoms. The van der Waals surface area contributed by atoms with Crippen molar-refractivity contribution in [1.29, 1.82) is 0 Å². The van der Waals surface area contributed by atoms with Gasteiger partial charge in [-0.1, -0.05) is 145 Å². The highest BCUT2D eigenvalue weighted by molar-refractivity contribution is 8.05. The Morgan fingerprint density at radius 2 is 0.812 bits per heavy atom. The van der Waals surface area contributed by atoms with Gasteiger partial charge in [-0.25, -0.2) is 0 Å². The Kier molecular flexibility index (Phi) is 10.2. The molecule has 69 heavy (non-hydrogen) atoms.